The number of carbonyl (C=O) groups excluding carboxylic acids is 5. The summed E-state index contributed by atoms with van der Waals surface area (Å²) in [5.41, 5.74) is 1.14. The van der Waals surface area contributed by atoms with Crippen LogP contribution in [0.3, 0.4) is 0 Å². The number of halogens is 1. The van der Waals surface area contributed by atoms with Crippen molar-refractivity contribution in [3.8, 4) is 17.2 Å². The van der Waals surface area contributed by atoms with Gasteiger partial charge in [-0.1, -0.05) is 78.9 Å². The Labute approximate surface area is 352 Å². The lowest BCUT2D eigenvalue weighted by molar-refractivity contribution is -0.275. The molecule has 0 saturated carbocycles. The van der Waals surface area contributed by atoms with Gasteiger partial charge in [0.25, 0.3) is 0 Å². The summed E-state index contributed by atoms with van der Waals surface area (Å²) in [6, 6.07) is 35.3. The fourth-order valence-electron chi connectivity index (χ4n) is 6.01. The Morgan fingerprint density at radius 2 is 0.983 bits per heavy atom. The molecule has 5 atom stereocenters. The molecule has 0 spiro atoms. The fourth-order valence-corrected chi connectivity index (χ4v) is 6.19. The predicted octanol–water partition coefficient (Wildman–Crippen LogP) is 7.32. The van der Waals surface area contributed by atoms with E-state index in [0.29, 0.717) is 5.56 Å². The van der Waals surface area contributed by atoms with E-state index in [1.54, 1.807) is 126 Å². The maximum atomic E-state index is 13.9. The average Bonchev–Trinajstić information content (AvgIpc) is 3.27. The van der Waals surface area contributed by atoms with Crippen LogP contribution < -0.4 is 14.2 Å². The Morgan fingerprint density at radius 1 is 0.576 bits per heavy atom. The van der Waals surface area contributed by atoms with Gasteiger partial charge < -0.3 is 37.9 Å². The lowest BCUT2D eigenvalue weighted by Gasteiger charge is -2.44. The Balaban J connectivity index is 1.48. The quantitative estimate of drug-likeness (QED) is 0.0339. The molecule has 5 aromatic rings. The zero-order valence-corrected chi connectivity index (χ0v) is 33.8. The summed E-state index contributed by atoms with van der Waals surface area (Å²) in [5.74, 6) is -3.11. The Hall–Kier alpha value is -6.52. The largest absolute Gasteiger partial charge is 0.493 e. The number of esters is 4. The number of rotatable bonds is 15. The molecular formula is C45H37IO13. The van der Waals surface area contributed by atoms with Gasteiger partial charge in [0, 0.05) is 22.6 Å². The molecule has 13 nitrogen and oxygen atoms in total. The highest BCUT2D eigenvalue weighted by Gasteiger charge is 2.54. The molecule has 1 fully saturated rings. The fraction of sp³-hybridized carbons (Fsp3) is 0.178. The van der Waals surface area contributed by atoms with Crippen LogP contribution in [0.25, 0.3) is 6.08 Å². The molecule has 14 heteroatoms. The summed E-state index contributed by atoms with van der Waals surface area (Å²) < 4.78 is 48.2. The number of hydrogen-bond donors (Lipinski definition) is 0. The topological polar surface area (TPSA) is 159 Å². The van der Waals surface area contributed by atoms with Gasteiger partial charge in [0.2, 0.25) is 21.9 Å². The van der Waals surface area contributed by atoms with Crippen LogP contribution in [-0.4, -0.2) is 79.2 Å². The number of carbonyl (C=O) groups is 5. The second-order valence-electron chi connectivity index (χ2n) is 12.7. The van der Waals surface area contributed by atoms with Crippen molar-refractivity contribution in [2.45, 2.75) is 30.7 Å². The van der Waals surface area contributed by atoms with Crippen molar-refractivity contribution in [3.63, 3.8) is 0 Å². The van der Waals surface area contributed by atoms with E-state index in [2.05, 4.69) is 0 Å². The Morgan fingerprint density at radius 3 is 1.41 bits per heavy atom. The van der Waals surface area contributed by atoms with Crippen molar-refractivity contribution in [2.24, 2.45) is 0 Å². The molecule has 0 bridgehead atoms. The standard InChI is InChI=1S/C45H37IO13/c1-52-33-25-28(23-24-36(46)47)26-34(53-2)37(33)59-45-40(58-44(51)32-21-13-6-14-22-32)39(57-43(50)31-19-11-5-12-20-31)38(56-42(49)30-17-9-4-10-18-30)35(55-45)27-54-41(48)29-15-7-3-8-16-29/h3-26,35,38-40,45H,27H2,1-2H3/b24-23+/t35-,38-,39+,40-,45+/m1/s1. The third-order valence-electron chi connectivity index (χ3n) is 8.86. The summed E-state index contributed by atoms with van der Waals surface area (Å²) in [4.78, 5) is 66.7. The molecule has 1 saturated heterocycles. The van der Waals surface area contributed by atoms with Crippen LogP contribution in [0.1, 0.15) is 47.0 Å². The molecule has 0 aliphatic carbocycles. The van der Waals surface area contributed by atoms with Crippen molar-refractivity contribution in [1.29, 1.82) is 0 Å². The SMILES string of the molecule is COc1cc(/C=C/C(=O)I)cc(OC)c1O[C@@H]1O[C@H](COC(=O)c2ccccc2)[C@@H](OC(=O)c2ccccc2)[C@H](OC(=O)c2ccccc2)[C@H]1OC(=O)c1ccccc1. The molecule has 1 heterocycles. The third-order valence-corrected chi connectivity index (χ3v) is 9.22. The predicted molar refractivity (Wildman–Crippen MR) is 221 cm³/mol. The van der Waals surface area contributed by atoms with Crippen molar-refractivity contribution in [3.05, 3.63) is 167 Å². The summed E-state index contributed by atoms with van der Waals surface area (Å²) >= 11 is 1.64. The van der Waals surface area contributed by atoms with E-state index in [9.17, 15) is 24.0 Å². The number of ether oxygens (including phenoxy) is 8. The number of hydrogen-bond acceptors (Lipinski definition) is 13. The van der Waals surface area contributed by atoms with Gasteiger partial charge in [-0.2, -0.15) is 0 Å². The van der Waals surface area contributed by atoms with E-state index in [1.807, 2.05) is 0 Å². The molecule has 1 aliphatic heterocycles. The molecule has 0 amide bonds. The van der Waals surface area contributed by atoms with Crippen LogP contribution in [-0.2, 0) is 28.5 Å². The van der Waals surface area contributed by atoms with Crippen molar-refractivity contribution >= 4 is 56.3 Å². The van der Waals surface area contributed by atoms with Crippen molar-refractivity contribution in [1.82, 2.24) is 0 Å². The lowest BCUT2D eigenvalue weighted by Crippen LogP contribution is -2.64. The molecule has 0 aromatic heterocycles. The lowest BCUT2D eigenvalue weighted by atomic mass is 9.97. The summed E-state index contributed by atoms with van der Waals surface area (Å²) in [5, 5.41) is 0. The number of benzene rings is 5. The molecular weight excluding hydrogens is 875 g/mol. The third kappa shape index (κ3) is 10.9. The molecule has 0 radical (unpaired) electrons. The highest BCUT2D eigenvalue weighted by atomic mass is 127. The molecule has 5 aromatic carbocycles. The van der Waals surface area contributed by atoms with E-state index < -0.39 is 61.2 Å². The van der Waals surface area contributed by atoms with E-state index in [4.69, 9.17) is 37.9 Å². The van der Waals surface area contributed by atoms with E-state index in [1.165, 1.54) is 56.7 Å². The first-order valence-electron chi connectivity index (χ1n) is 18.1. The first kappa shape index (κ1) is 42.1. The molecule has 0 unspecified atom stereocenters. The zero-order chi connectivity index (χ0) is 41.7. The van der Waals surface area contributed by atoms with E-state index in [0.717, 1.165) is 0 Å². The van der Waals surface area contributed by atoms with Crippen molar-refractivity contribution < 1.29 is 61.9 Å². The zero-order valence-electron chi connectivity index (χ0n) is 31.6. The van der Waals surface area contributed by atoms with Gasteiger partial charge >= 0.3 is 23.9 Å². The molecule has 0 N–H and O–H groups in total. The van der Waals surface area contributed by atoms with Gasteiger partial charge in [0.15, 0.2) is 23.7 Å². The average molecular weight is 913 g/mol. The minimum Gasteiger partial charge on any atom is -0.493 e. The van der Waals surface area contributed by atoms with Crippen LogP contribution in [0.4, 0.5) is 0 Å². The van der Waals surface area contributed by atoms with Crippen LogP contribution in [0.5, 0.6) is 17.2 Å². The highest BCUT2D eigenvalue weighted by Crippen LogP contribution is 2.42. The van der Waals surface area contributed by atoms with Gasteiger partial charge in [-0.25, -0.2) is 19.2 Å². The van der Waals surface area contributed by atoms with Gasteiger partial charge in [-0.15, -0.1) is 0 Å². The van der Waals surface area contributed by atoms with Gasteiger partial charge in [0.1, 0.15) is 12.7 Å². The van der Waals surface area contributed by atoms with Gasteiger partial charge in [-0.3, -0.25) is 4.79 Å². The molecule has 1 aliphatic rings. The monoisotopic (exact) mass is 912 g/mol. The Kier molecular flexibility index (Phi) is 14.5. The highest BCUT2D eigenvalue weighted by molar-refractivity contribution is 14.1. The van der Waals surface area contributed by atoms with Crippen LogP contribution >= 0.6 is 22.6 Å². The molecule has 59 heavy (non-hydrogen) atoms. The van der Waals surface area contributed by atoms with Crippen LogP contribution in [0, 0.1) is 0 Å². The maximum absolute atomic E-state index is 13.9. The minimum atomic E-state index is -1.68. The second kappa shape index (κ2) is 20.3. The minimum absolute atomic E-state index is 0.0355. The van der Waals surface area contributed by atoms with Crippen LogP contribution in [0.15, 0.2) is 140 Å². The number of allylic oxidation sites excluding steroid dienone is 1. The first-order valence-corrected chi connectivity index (χ1v) is 19.2. The summed E-state index contributed by atoms with van der Waals surface area (Å²) in [6.45, 7) is -0.554. The second-order valence-corrected chi connectivity index (χ2v) is 13.8. The maximum Gasteiger partial charge on any atom is 0.338 e. The Bertz CT molecular complexity index is 2240. The summed E-state index contributed by atoms with van der Waals surface area (Å²) in [7, 11) is 2.76. The normalized spacial score (nSPS) is 18.5. The van der Waals surface area contributed by atoms with Crippen molar-refractivity contribution in [2.75, 3.05) is 20.8 Å². The molecule has 6 rings (SSSR count). The summed E-state index contributed by atoms with van der Waals surface area (Å²) in [6.07, 6.45) is -5.09. The van der Waals surface area contributed by atoms with Crippen LogP contribution in [0.2, 0.25) is 0 Å². The van der Waals surface area contributed by atoms with Gasteiger partial charge in [-0.05, 0) is 72.3 Å². The van der Waals surface area contributed by atoms with E-state index in [-0.39, 0.29) is 43.3 Å². The first-order chi connectivity index (χ1) is 28.6. The smallest absolute Gasteiger partial charge is 0.338 e. The van der Waals surface area contributed by atoms with E-state index >= 15 is 0 Å². The molecule has 302 valence electrons. The number of methoxy groups -OCH3 is 2. The van der Waals surface area contributed by atoms with Gasteiger partial charge in [0.05, 0.1) is 36.5 Å².